The summed E-state index contributed by atoms with van der Waals surface area (Å²) in [6.45, 7) is 6.19. The van der Waals surface area contributed by atoms with Gasteiger partial charge in [0.15, 0.2) is 0 Å². The average Bonchev–Trinajstić information content (AvgIpc) is 2.50. The Bertz CT molecular complexity index is 591. The first-order valence-corrected chi connectivity index (χ1v) is 7.57. The van der Waals surface area contributed by atoms with Gasteiger partial charge < -0.3 is 10.6 Å². The minimum atomic E-state index is 0.0526. The van der Waals surface area contributed by atoms with Crippen LogP contribution >= 0.6 is 0 Å². The van der Waals surface area contributed by atoms with Gasteiger partial charge in [-0.3, -0.25) is 9.78 Å². The molecule has 1 aromatic heterocycles. The Balaban J connectivity index is 1.64. The van der Waals surface area contributed by atoms with Crippen LogP contribution in [0.25, 0.3) is 0 Å². The summed E-state index contributed by atoms with van der Waals surface area (Å²) in [6.07, 6.45) is 3.96. The molecule has 1 heterocycles. The van der Waals surface area contributed by atoms with Crippen LogP contribution in [0, 0.1) is 13.8 Å². The molecule has 0 spiro atoms. The van der Waals surface area contributed by atoms with Gasteiger partial charge in [0.1, 0.15) is 0 Å². The predicted molar refractivity (Wildman–Crippen MR) is 88.3 cm³/mol. The molecule has 2 aromatic rings. The van der Waals surface area contributed by atoms with Gasteiger partial charge in [-0.25, -0.2) is 0 Å². The van der Waals surface area contributed by atoms with Crippen molar-refractivity contribution < 1.29 is 4.79 Å². The fourth-order valence-corrected chi connectivity index (χ4v) is 2.40. The van der Waals surface area contributed by atoms with E-state index in [1.807, 2.05) is 12.1 Å². The van der Waals surface area contributed by atoms with Gasteiger partial charge in [0.25, 0.3) is 0 Å². The van der Waals surface area contributed by atoms with Crippen LogP contribution in [-0.4, -0.2) is 17.4 Å². The fraction of sp³-hybridized carbons (Fsp3) is 0.333. The molecular formula is C18H23N3O. The predicted octanol–water partition coefficient (Wildman–Crippen LogP) is 2.49. The number of amides is 1. The normalized spacial score (nSPS) is 10.5. The molecule has 1 amide bonds. The summed E-state index contributed by atoms with van der Waals surface area (Å²) in [5, 5.41) is 6.21. The smallest absolute Gasteiger partial charge is 0.221 e. The third kappa shape index (κ3) is 5.66. The second-order valence-electron chi connectivity index (χ2n) is 5.56. The maximum atomic E-state index is 11.8. The highest BCUT2D eigenvalue weighted by Gasteiger charge is 2.01. The standard InChI is InChI=1S/C18H23N3O/c1-14-8-15(2)10-17(9-14)12-20-7-5-18(22)21-13-16-4-3-6-19-11-16/h3-4,6,8-11,20H,5,7,12-13H2,1-2H3,(H,21,22). The van der Waals surface area contributed by atoms with Crippen molar-refractivity contribution in [2.45, 2.75) is 33.4 Å². The van der Waals surface area contributed by atoms with Crippen LogP contribution in [0.4, 0.5) is 0 Å². The lowest BCUT2D eigenvalue weighted by atomic mass is 10.1. The summed E-state index contributed by atoms with van der Waals surface area (Å²) in [5.74, 6) is 0.0526. The van der Waals surface area contributed by atoms with Crippen molar-refractivity contribution in [3.63, 3.8) is 0 Å². The van der Waals surface area contributed by atoms with Gasteiger partial charge in [0.05, 0.1) is 0 Å². The van der Waals surface area contributed by atoms with E-state index in [-0.39, 0.29) is 5.91 Å². The van der Waals surface area contributed by atoms with Crippen LogP contribution in [0.15, 0.2) is 42.7 Å². The molecule has 0 atom stereocenters. The molecular weight excluding hydrogens is 274 g/mol. The van der Waals surface area contributed by atoms with Gasteiger partial charge in [-0.2, -0.15) is 0 Å². The lowest BCUT2D eigenvalue weighted by Crippen LogP contribution is -2.27. The number of rotatable bonds is 7. The molecule has 0 saturated heterocycles. The highest BCUT2D eigenvalue weighted by molar-refractivity contribution is 5.76. The van der Waals surface area contributed by atoms with Gasteiger partial charge in [-0.15, -0.1) is 0 Å². The van der Waals surface area contributed by atoms with Crippen molar-refractivity contribution in [3.8, 4) is 0 Å². The summed E-state index contributed by atoms with van der Waals surface area (Å²) >= 11 is 0. The highest BCUT2D eigenvalue weighted by atomic mass is 16.1. The van der Waals surface area contributed by atoms with Gasteiger partial charge >= 0.3 is 0 Å². The average molecular weight is 297 g/mol. The zero-order valence-corrected chi connectivity index (χ0v) is 13.2. The Kier molecular flexibility index (Phi) is 6.10. The molecule has 116 valence electrons. The number of nitrogens with zero attached hydrogens (tertiary/aromatic N) is 1. The highest BCUT2D eigenvalue weighted by Crippen LogP contribution is 2.08. The molecule has 0 bridgehead atoms. The lowest BCUT2D eigenvalue weighted by Gasteiger charge is -2.08. The van der Waals surface area contributed by atoms with Crippen molar-refractivity contribution in [3.05, 3.63) is 65.0 Å². The Hall–Kier alpha value is -2.20. The molecule has 4 heteroatoms. The maximum absolute atomic E-state index is 11.8. The monoisotopic (exact) mass is 297 g/mol. The van der Waals surface area contributed by atoms with E-state index in [4.69, 9.17) is 0 Å². The molecule has 0 saturated carbocycles. The quantitative estimate of drug-likeness (QED) is 0.772. The first kappa shape index (κ1) is 16.2. The van der Waals surface area contributed by atoms with E-state index in [1.165, 1.54) is 16.7 Å². The van der Waals surface area contributed by atoms with E-state index >= 15 is 0 Å². The van der Waals surface area contributed by atoms with Crippen molar-refractivity contribution in [2.75, 3.05) is 6.54 Å². The van der Waals surface area contributed by atoms with Crippen LogP contribution < -0.4 is 10.6 Å². The van der Waals surface area contributed by atoms with Gasteiger partial charge in [-0.1, -0.05) is 35.4 Å². The zero-order valence-electron chi connectivity index (χ0n) is 13.2. The van der Waals surface area contributed by atoms with E-state index in [0.29, 0.717) is 19.5 Å². The second kappa shape index (κ2) is 8.29. The third-order valence-corrected chi connectivity index (χ3v) is 3.35. The van der Waals surface area contributed by atoms with Crippen molar-refractivity contribution in [2.24, 2.45) is 0 Å². The SMILES string of the molecule is Cc1cc(C)cc(CNCCC(=O)NCc2cccnc2)c1. The minimum Gasteiger partial charge on any atom is -0.352 e. The first-order valence-electron chi connectivity index (χ1n) is 7.57. The molecule has 0 fully saturated rings. The fourth-order valence-electron chi connectivity index (χ4n) is 2.40. The van der Waals surface area contributed by atoms with Crippen molar-refractivity contribution >= 4 is 5.91 Å². The van der Waals surface area contributed by atoms with Crippen molar-refractivity contribution in [1.29, 1.82) is 0 Å². The van der Waals surface area contributed by atoms with E-state index < -0.39 is 0 Å². The molecule has 1 aromatic carbocycles. The second-order valence-corrected chi connectivity index (χ2v) is 5.56. The lowest BCUT2D eigenvalue weighted by molar-refractivity contribution is -0.121. The number of nitrogens with one attached hydrogen (secondary N) is 2. The summed E-state index contributed by atoms with van der Waals surface area (Å²) in [5.41, 5.74) is 4.81. The van der Waals surface area contributed by atoms with Gasteiger partial charge in [0, 0.05) is 38.4 Å². The van der Waals surface area contributed by atoms with Crippen LogP contribution in [0.5, 0.6) is 0 Å². The largest absolute Gasteiger partial charge is 0.352 e. The maximum Gasteiger partial charge on any atom is 0.221 e. The first-order chi connectivity index (χ1) is 10.6. The summed E-state index contributed by atoms with van der Waals surface area (Å²) in [7, 11) is 0. The summed E-state index contributed by atoms with van der Waals surface area (Å²) < 4.78 is 0. The molecule has 2 rings (SSSR count). The Morgan fingerprint density at radius 2 is 1.86 bits per heavy atom. The number of hydrogen-bond donors (Lipinski definition) is 2. The number of aryl methyl sites for hydroxylation is 2. The molecule has 4 nitrogen and oxygen atoms in total. The number of hydrogen-bond acceptors (Lipinski definition) is 3. The van der Waals surface area contributed by atoms with Gasteiger partial charge in [0.2, 0.25) is 5.91 Å². The Labute approximate surface area is 132 Å². The van der Waals surface area contributed by atoms with E-state index in [1.54, 1.807) is 12.4 Å². The molecule has 0 aliphatic rings. The molecule has 0 aliphatic heterocycles. The Morgan fingerprint density at radius 1 is 1.09 bits per heavy atom. The molecule has 0 aliphatic carbocycles. The zero-order chi connectivity index (χ0) is 15.8. The van der Waals surface area contributed by atoms with Crippen LogP contribution in [0.1, 0.15) is 28.7 Å². The molecule has 22 heavy (non-hydrogen) atoms. The van der Waals surface area contributed by atoms with Crippen LogP contribution in [-0.2, 0) is 17.9 Å². The van der Waals surface area contributed by atoms with Crippen LogP contribution in [0.3, 0.4) is 0 Å². The number of benzene rings is 1. The summed E-state index contributed by atoms with van der Waals surface area (Å²) in [6, 6.07) is 10.3. The minimum absolute atomic E-state index is 0.0526. The molecule has 2 N–H and O–H groups in total. The number of carbonyl (C=O) groups is 1. The van der Waals surface area contributed by atoms with Crippen LogP contribution in [0.2, 0.25) is 0 Å². The van der Waals surface area contributed by atoms with Gasteiger partial charge in [-0.05, 0) is 31.0 Å². The topological polar surface area (TPSA) is 54.0 Å². The molecule has 0 unspecified atom stereocenters. The Morgan fingerprint density at radius 3 is 2.55 bits per heavy atom. The summed E-state index contributed by atoms with van der Waals surface area (Å²) in [4.78, 5) is 15.8. The van der Waals surface area contributed by atoms with E-state index in [9.17, 15) is 4.79 Å². The molecule has 0 radical (unpaired) electrons. The van der Waals surface area contributed by atoms with Crippen molar-refractivity contribution in [1.82, 2.24) is 15.6 Å². The third-order valence-electron chi connectivity index (χ3n) is 3.35. The number of aromatic nitrogens is 1. The van der Waals surface area contributed by atoms with E-state index in [0.717, 1.165) is 12.1 Å². The number of pyridine rings is 1. The number of carbonyl (C=O) groups excluding carboxylic acids is 1. The van der Waals surface area contributed by atoms with E-state index in [2.05, 4.69) is 47.7 Å².